The molecule has 3 aromatic rings. The van der Waals surface area contributed by atoms with Gasteiger partial charge in [0.05, 0.1) is 11.6 Å². The molecule has 156 valence electrons. The second-order valence-corrected chi connectivity index (χ2v) is 8.41. The topological polar surface area (TPSA) is 62.5 Å². The number of carbonyl (C=O) groups is 1. The summed E-state index contributed by atoms with van der Waals surface area (Å²) in [4.78, 5) is 19.9. The van der Waals surface area contributed by atoms with E-state index in [2.05, 4.69) is 10.2 Å². The van der Waals surface area contributed by atoms with Gasteiger partial charge in [0.15, 0.2) is 5.82 Å². The lowest BCUT2D eigenvalue weighted by Gasteiger charge is -2.33. The summed E-state index contributed by atoms with van der Waals surface area (Å²) in [6, 6.07) is 4.45. The number of benzene rings is 1. The van der Waals surface area contributed by atoms with Gasteiger partial charge in [0, 0.05) is 36.7 Å². The van der Waals surface area contributed by atoms with E-state index < -0.39 is 0 Å². The molecule has 2 aromatic heterocycles. The fourth-order valence-corrected chi connectivity index (χ4v) is 4.76. The number of hydrogen-bond donors (Lipinski definition) is 1. The van der Waals surface area contributed by atoms with E-state index in [9.17, 15) is 9.18 Å². The van der Waals surface area contributed by atoms with Gasteiger partial charge in [-0.05, 0) is 69.2 Å². The van der Waals surface area contributed by atoms with Gasteiger partial charge in [-0.15, -0.1) is 0 Å². The van der Waals surface area contributed by atoms with E-state index in [0.29, 0.717) is 12.2 Å². The summed E-state index contributed by atoms with van der Waals surface area (Å²) in [6.45, 7) is 3.31. The molecule has 30 heavy (non-hydrogen) atoms. The predicted molar refractivity (Wildman–Crippen MR) is 114 cm³/mol. The third-order valence-corrected chi connectivity index (χ3v) is 6.34. The van der Waals surface area contributed by atoms with Crippen LogP contribution in [0.25, 0.3) is 5.52 Å². The summed E-state index contributed by atoms with van der Waals surface area (Å²) in [7, 11) is 0. The molecule has 1 aliphatic heterocycles. The number of nitrogens with one attached hydrogen (secondary N) is 1. The highest BCUT2D eigenvalue weighted by Crippen LogP contribution is 2.32. The molecule has 1 atom stereocenters. The number of nitrogens with zero attached hydrogens (tertiary/aromatic N) is 4. The zero-order valence-electron chi connectivity index (χ0n) is 17.2. The van der Waals surface area contributed by atoms with E-state index in [0.717, 1.165) is 49.1 Å². The Balaban J connectivity index is 1.39. The maximum atomic E-state index is 13.4. The van der Waals surface area contributed by atoms with Gasteiger partial charge in [-0.1, -0.05) is 0 Å². The molecule has 1 aromatic carbocycles. The van der Waals surface area contributed by atoms with Crippen molar-refractivity contribution < 1.29 is 9.18 Å². The first kappa shape index (κ1) is 19.0. The molecule has 1 unspecified atom stereocenters. The second-order valence-electron chi connectivity index (χ2n) is 8.41. The zero-order valence-corrected chi connectivity index (χ0v) is 17.2. The van der Waals surface area contributed by atoms with Crippen molar-refractivity contribution in [3.8, 4) is 0 Å². The van der Waals surface area contributed by atoms with E-state index in [1.165, 1.54) is 36.2 Å². The standard InChI is InChI=1S/C23H26FN5O/c1-15-13-17(24)8-9-19(15)26-23(30)16-5-4-11-28(14-16)22-21-18-6-2-3-7-20(18)27-29(21)12-10-25-22/h8-10,12-13,16H,2-7,11,14H2,1H3,(H,26,30). The highest BCUT2D eigenvalue weighted by atomic mass is 19.1. The summed E-state index contributed by atoms with van der Waals surface area (Å²) in [5.74, 6) is 0.488. The molecule has 5 rings (SSSR count). The molecule has 1 amide bonds. The van der Waals surface area contributed by atoms with Crippen molar-refractivity contribution in [1.29, 1.82) is 0 Å². The van der Waals surface area contributed by atoms with Crippen LogP contribution in [0.15, 0.2) is 30.6 Å². The fraction of sp³-hybridized carbons (Fsp3) is 0.435. The monoisotopic (exact) mass is 407 g/mol. The van der Waals surface area contributed by atoms with Gasteiger partial charge in [0.2, 0.25) is 5.91 Å². The fourth-order valence-electron chi connectivity index (χ4n) is 4.76. The molecular weight excluding hydrogens is 381 g/mol. The van der Waals surface area contributed by atoms with Crippen molar-refractivity contribution in [3.05, 3.63) is 53.2 Å². The molecular formula is C23H26FN5O. The molecule has 2 aliphatic rings. The summed E-state index contributed by atoms with van der Waals surface area (Å²) < 4.78 is 15.3. The Morgan fingerprint density at radius 2 is 2.10 bits per heavy atom. The largest absolute Gasteiger partial charge is 0.354 e. The van der Waals surface area contributed by atoms with Crippen molar-refractivity contribution in [2.75, 3.05) is 23.3 Å². The van der Waals surface area contributed by atoms with Gasteiger partial charge in [-0.3, -0.25) is 4.79 Å². The third-order valence-electron chi connectivity index (χ3n) is 6.34. The Morgan fingerprint density at radius 3 is 2.97 bits per heavy atom. The minimum Gasteiger partial charge on any atom is -0.354 e. The lowest BCUT2D eigenvalue weighted by molar-refractivity contribution is -0.120. The van der Waals surface area contributed by atoms with Crippen LogP contribution in [0.4, 0.5) is 15.9 Å². The summed E-state index contributed by atoms with van der Waals surface area (Å²) in [5, 5.41) is 7.77. The van der Waals surface area contributed by atoms with Crippen LogP contribution >= 0.6 is 0 Å². The molecule has 6 nitrogen and oxygen atoms in total. The van der Waals surface area contributed by atoms with Crippen LogP contribution in [0, 0.1) is 18.7 Å². The van der Waals surface area contributed by atoms with Crippen LogP contribution in [0.2, 0.25) is 0 Å². The summed E-state index contributed by atoms with van der Waals surface area (Å²) in [6.07, 6.45) is 9.92. The Morgan fingerprint density at radius 1 is 1.23 bits per heavy atom. The molecule has 0 saturated carbocycles. The molecule has 7 heteroatoms. The van der Waals surface area contributed by atoms with Crippen LogP contribution < -0.4 is 10.2 Å². The van der Waals surface area contributed by atoms with E-state index in [1.54, 1.807) is 19.2 Å². The number of aromatic nitrogens is 3. The van der Waals surface area contributed by atoms with E-state index in [1.807, 2.05) is 10.7 Å². The van der Waals surface area contributed by atoms with Gasteiger partial charge in [-0.2, -0.15) is 5.10 Å². The number of piperidine rings is 1. The van der Waals surface area contributed by atoms with Crippen molar-refractivity contribution in [1.82, 2.24) is 14.6 Å². The quantitative estimate of drug-likeness (QED) is 0.715. The predicted octanol–water partition coefficient (Wildman–Crippen LogP) is 3.91. The Kier molecular flexibility index (Phi) is 4.89. The number of amides is 1. The number of carbonyl (C=O) groups excluding carboxylic acids is 1. The normalized spacial score (nSPS) is 19.0. The molecule has 1 N–H and O–H groups in total. The highest BCUT2D eigenvalue weighted by molar-refractivity contribution is 5.94. The smallest absolute Gasteiger partial charge is 0.229 e. The average molecular weight is 407 g/mol. The number of anilines is 2. The molecule has 1 saturated heterocycles. The minimum atomic E-state index is -0.294. The van der Waals surface area contributed by atoms with Crippen LogP contribution in [0.3, 0.4) is 0 Å². The lowest BCUT2D eigenvalue weighted by Crippen LogP contribution is -2.41. The SMILES string of the molecule is Cc1cc(F)ccc1NC(=O)C1CCCN(c2nccn3nc4c(c23)CCCC4)C1. The van der Waals surface area contributed by atoms with E-state index in [4.69, 9.17) is 10.1 Å². The molecule has 1 aliphatic carbocycles. The van der Waals surface area contributed by atoms with Crippen LogP contribution in [0.5, 0.6) is 0 Å². The number of hydrogen-bond acceptors (Lipinski definition) is 4. The van der Waals surface area contributed by atoms with Crippen molar-refractivity contribution >= 4 is 22.9 Å². The Labute approximate surface area is 175 Å². The Hall–Kier alpha value is -2.96. The molecule has 1 fully saturated rings. The maximum Gasteiger partial charge on any atom is 0.229 e. The molecule has 0 radical (unpaired) electrons. The highest BCUT2D eigenvalue weighted by Gasteiger charge is 2.29. The average Bonchev–Trinajstić information content (AvgIpc) is 3.14. The van der Waals surface area contributed by atoms with Crippen LogP contribution in [-0.4, -0.2) is 33.6 Å². The first-order valence-electron chi connectivity index (χ1n) is 10.8. The van der Waals surface area contributed by atoms with E-state index in [-0.39, 0.29) is 17.6 Å². The van der Waals surface area contributed by atoms with Crippen molar-refractivity contribution in [2.24, 2.45) is 5.92 Å². The molecule has 0 spiro atoms. The second kappa shape index (κ2) is 7.70. The zero-order chi connectivity index (χ0) is 20.7. The Bertz CT molecular complexity index is 1110. The summed E-state index contributed by atoms with van der Waals surface area (Å²) >= 11 is 0. The van der Waals surface area contributed by atoms with Crippen molar-refractivity contribution in [3.63, 3.8) is 0 Å². The molecule has 0 bridgehead atoms. The van der Waals surface area contributed by atoms with Gasteiger partial charge in [-0.25, -0.2) is 13.9 Å². The first-order chi connectivity index (χ1) is 14.6. The summed E-state index contributed by atoms with van der Waals surface area (Å²) in [5.41, 5.74) is 5.01. The van der Waals surface area contributed by atoms with Gasteiger partial charge in [0.1, 0.15) is 11.3 Å². The first-order valence-corrected chi connectivity index (χ1v) is 10.8. The number of fused-ring (bicyclic) bond motifs is 3. The number of halogens is 1. The van der Waals surface area contributed by atoms with E-state index >= 15 is 0 Å². The van der Waals surface area contributed by atoms with Crippen LogP contribution in [0.1, 0.15) is 42.5 Å². The minimum absolute atomic E-state index is 0.0168. The lowest BCUT2D eigenvalue weighted by atomic mass is 9.95. The number of aryl methyl sites for hydroxylation is 3. The van der Waals surface area contributed by atoms with Gasteiger partial charge < -0.3 is 10.2 Å². The molecule has 3 heterocycles. The van der Waals surface area contributed by atoms with Crippen molar-refractivity contribution in [2.45, 2.75) is 45.4 Å². The van der Waals surface area contributed by atoms with Gasteiger partial charge >= 0.3 is 0 Å². The van der Waals surface area contributed by atoms with Gasteiger partial charge in [0.25, 0.3) is 0 Å². The third kappa shape index (κ3) is 3.42. The number of rotatable bonds is 3. The maximum absolute atomic E-state index is 13.4. The van der Waals surface area contributed by atoms with Crippen LogP contribution in [-0.2, 0) is 17.6 Å².